The lowest BCUT2D eigenvalue weighted by Gasteiger charge is -2.10. The number of fused-ring (bicyclic) bond motifs is 1. The summed E-state index contributed by atoms with van der Waals surface area (Å²) in [6, 6.07) is 6.22. The smallest absolute Gasteiger partial charge is 0.262 e. The molecule has 0 saturated heterocycles. The summed E-state index contributed by atoms with van der Waals surface area (Å²) < 4.78 is 14.9. The summed E-state index contributed by atoms with van der Waals surface area (Å²) in [5.74, 6) is -0.308. The standard InChI is InChI=1S/C16H18FNO/c1-3-5-6-14-11-12-10-13(17)7-8-15(12)16(19)18(14)9-4-2/h4,7-11H,3,5-6H2,1-2H3. The topological polar surface area (TPSA) is 22.0 Å². The quantitative estimate of drug-likeness (QED) is 0.814. The van der Waals surface area contributed by atoms with Gasteiger partial charge in [-0.2, -0.15) is 0 Å². The maximum Gasteiger partial charge on any atom is 0.262 e. The Morgan fingerprint density at radius 3 is 2.79 bits per heavy atom. The van der Waals surface area contributed by atoms with Crippen molar-refractivity contribution < 1.29 is 4.39 Å². The van der Waals surface area contributed by atoms with Gasteiger partial charge in [-0.3, -0.25) is 9.36 Å². The van der Waals surface area contributed by atoms with E-state index in [0.29, 0.717) is 10.8 Å². The molecule has 0 unspecified atom stereocenters. The number of aromatic nitrogens is 1. The Balaban J connectivity index is 2.70. The van der Waals surface area contributed by atoms with Crippen LogP contribution in [0.1, 0.15) is 32.4 Å². The number of unbranched alkanes of at least 4 members (excludes halogenated alkanes) is 1. The van der Waals surface area contributed by atoms with E-state index in [0.717, 1.165) is 25.0 Å². The molecule has 2 rings (SSSR count). The average Bonchev–Trinajstić information content (AvgIpc) is 2.40. The second-order valence-corrected chi connectivity index (χ2v) is 4.63. The van der Waals surface area contributed by atoms with Crippen LogP contribution >= 0.6 is 0 Å². The van der Waals surface area contributed by atoms with Crippen LogP contribution in [-0.2, 0) is 6.42 Å². The number of rotatable bonds is 4. The highest BCUT2D eigenvalue weighted by atomic mass is 19.1. The van der Waals surface area contributed by atoms with Crippen molar-refractivity contribution in [3.05, 3.63) is 52.2 Å². The largest absolute Gasteiger partial charge is 0.288 e. The summed E-state index contributed by atoms with van der Waals surface area (Å²) in [5, 5.41) is 1.23. The van der Waals surface area contributed by atoms with Gasteiger partial charge in [0.25, 0.3) is 5.56 Å². The first kappa shape index (κ1) is 13.5. The van der Waals surface area contributed by atoms with Gasteiger partial charge in [0.2, 0.25) is 0 Å². The molecule has 0 N–H and O–H groups in total. The van der Waals surface area contributed by atoms with Crippen molar-refractivity contribution in [1.29, 1.82) is 0 Å². The number of aryl methyl sites for hydroxylation is 1. The monoisotopic (exact) mass is 259 g/mol. The molecule has 19 heavy (non-hydrogen) atoms. The maximum absolute atomic E-state index is 13.3. The van der Waals surface area contributed by atoms with Crippen molar-refractivity contribution in [2.24, 2.45) is 0 Å². The Morgan fingerprint density at radius 1 is 1.32 bits per heavy atom. The molecule has 0 amide bonds. The van der Waals surface area contributed by atoms with Gasteiger partial charge in [0.1, 0.15) is 5.82 Å². The lowest BCUT2D eigenvalue weighted by atomic mass is 10.1. The van der Waals surface area contributed by atoms with Crippen LogP contribution in [0.5, 0.6) is 0 Å². The van der Waals surface area contributed by atoms with E-state index in [9.17, 15) is 9.18 Å². The van der Waals surface area contributed by atoms with Gasteiger partial charge in [-0.1, -0.05) is 19.4 Å². The minimum absolute atomic E-state index is 0.0818. The number of hydrogen-bond donors (Lipinski definition) is 0. The third kappa shape index (κ3) is 2.75. The molecule has 100 valence electrons. The maximum atomic E-state index is 13.3. The van der Waals surface area contributed by atoms with E-state index >= 15 is 0 Å². The van der Waals surface area contributed by atoms with Crippen LogP contribution in [0.3, 0.4) is 0 Å². The summed E-state index contributed by atoms with van der Waals surface area (Å²) in [4.78, 5) is 12.4. The molecule has 1 heterocycles. The molecule has 0 saturated carbocycles. The zero-order chi connectivity index (χ0) is 13.8. The molecule has 0 fully saturated rings. The third-order valence-electron chi connectivity index (χ3n) is 3.18. The molecule has 0 spiro atoms. The van der Waals surface area contributed by atoms with Crippen molar-refractivity contribution in [3.8, 4) is 0 Å². The van der Waals surface area contributed by atoms with Gasteiger partial charge in [-0.15, -0.1) is 0 Å². The van der Waals surface area contributed by atoms with Gasteiger partial charge in [0, 0.05) is 17.3 Å². The van der Waals surface area contributed by atoms with E-state index < -0.39 is 0 Å². The Labute approximate surface area is 112 Å². The second kappa shape index (κ2) is 5.83. The van der Waals surface area contributed by atoms with E-state index in [1.807, 2.05) is 19.1 Å². The van der Waals surface area contributed by atoms with E-state index in [1.54, 1.807) is 16.8 Å². The van der Waals surface area contributed by atoms with Crippen LogP contribution in [0.15, 0.2) is 35.1 Å². The fraction of sp³-hybridized carbons (Fsp3) is 0.312. The highest BCUT2D eigenvalue weighted by Crippen LogP contribution is 2.16. The average molecular weight is 259 g/mol. The molecule has 0 atom stereocenters. The number of allylic oxidation sites excluding steroid dienone is 1. The van der Waals surface area contributed by atoms with Crippen molar-refractivity contribution in [1.82, 2.24) is 4.57 Å². The highest BCUT2D eigenvalue weighted by Gasteiger charge is 2.08. The number of hydrogen-bond acceptors (Lipinski definition) is 1. The molecule has 3 heteroatoms. The molecular weight excluding hydrogens is 241 g/mol. The van der Waals surface area contributed by atoms with Crippen molar-refractivity contribution in [2.45, 2.75) is 33.1 Å². The van der Waals surface area contributed by atoms with Crippen LogP contribution in [0.25, 0.3) is 17.0 Å². The summed E-state index contributed by atoms with van der Waals surface area (Å²) in [7, 11) is 0. The van der Waals surface area contributed by atoms with Crippen molar-refractivity contribution >= 4 is 17.0 Å². The molecule has 0 bridgehead atoms. The predicted molar refractivity (Wildman–Crippen MR) is 77.8 cm³/mol. The summed E-state index contributed by atoms with van der Waals surface area (Å²) in [5.41, 5.74) is 0.852. The van der Waals surface area contributed by atoms with Gasteiger partial charge >= 0.3 is 0 Å². The summed E-state index contributed by atoms with van der Waals surface area (Å²) in [6.45, 7) is 3.99. The molecule has 0 aliphatic carbocycles. The SMILES string of the molecule is CC=Cn1c(CCCC)cc2cc(F)ccc2c1=O. The van der Waals surface area contributed by atoms with Gasteiger partial charge < -0.3 is 0 Å². The molecule has 0 radical (unpaired) electrons. The van der Waals surface area contributed by atoms with Gasteiger partial charge in [-0.25, -0.2) is 4.39 Å². The van der Waals surface area contributed by atoms with E-state index in [-0.39, 0.29) is 11.4 Å². The molecular formula is C16H18FNO. The molecule has 2 aromatic rings. The van der Waals surface area contributed by atoms with Crippen molar-refractivity contribution in [3.63, 3.8) is 0 Å². The van der Waals surface area contributed by atoms with E-state index in [2.05, 4.69) is 6.92 Å². The third-order valence-corrected chi connectivity index (χ3v) is 3.18. The number of pyridine rings is 1. The number of halogens is 1. The molecule has 1 aromatic heterocycles. The van der Waals surface area contributed by atoms with E-state index in [1.165, 1.54) is 12.1 Å². The first-order valence-electron chi connectivity index (χ1n) is 6.64. The number of nitrogens with zero attached hydrogens (tertiary/aromatic N) is 1. The Hall–Kier alpha value is -1.90. The van der Waals surface area contributed by atoms with Gasteiger partial charge in [0.15, 0.2) is 0 Å². The molecule has 0 aliphatic rings. The second-order valence-electron chi connectivity index (χ2n) is 4.63. The van der Waals surface area contributed by atoms with Crippen LogP contribution in [-0.4, -0.2) is 4.57 Å². The zero-order valence-electron chi connectivity index (χ0n) is 11.3. The van der Waals surface area contributed by atoms with Crippen LogP contribution in [0.2, 0.25) is 0 Å². The highest BCUT2D eigenvalue weighted by molar-refractivity contribution is 5.82. The zero-order valence-corrected chi connectivity index (χ0v) is 11.3. The molecule has 2 nitrogen and oxygen atoms in total. The minimum atomic E-state index is -0.308. The van der Waals surface area contributed by atoms with Crippen LogP contribution in [0, 0.1) is 5.82 Å². The van der Waals surface area contributed by atoms with Crippen LogP contribution < -0.4 is 5.56 Å². The molecule has 0 aliphatic heterocycles. The first-order chi connectivity index (χ1) is 9.17. The fourth-order valence-corrected chi connectivity index (χ4v) is 2.22. The van der Waals surface area contributed by atoms with E-state index in [4.69, 9.17) is 0 Å². The first-order valence-corrected chi connectivity index (χ1v) is 6.64. The Bertz CT molecular complexity index is 670. The predicted octanol–water partition coefficient (Wildman–Crippen LogP) is 3.97. The Morgan fingerprint density at radius 2 is 2.11 bits per heavy atom. The fourth-order valence-electron chi connectivity index (χ4n) is 2.22. The lowest BCUT2D eigenvalue weighted by molar-refractivity contribution is 0.629. The van der Waals surface area contributed by atoms with Gasteiger partial charge in [0.05, 0.1) is 0 Å². The van der Waals surface area contributed by atoms with Crippen LogP contribution in [0.4, 0.5) is 4.39 Å². The normalized spacial score (nSPS) is 11.5. The van der Waals surface area contributed by atoms with Crippen molar-refractivity contribution in [2.75, 3.05) is 0 Å². The lowest BCUT2D eigenvalue weighted by Crippen LogP contribution is -2.19. The van der Waals surface area contributed by atoms with Gasteiger partial charge in [-0.05, 0) is 49.4 Å². The number of benzene rings is 1. The minimum Gasteiger partial charge on any atom is -0.288 e. The Kier molecular flexibility index (Phi) is 4.15. The molecule has 1 aromatic carbocycles. The summed E-state index contributed by atoms with van der Waals surface area (Å²) in [6.07, 6.45) is 6.51. The summed E-state index contributed by atoms with van der Waals surface area (Å²) >= 11 is 0.